The topological polar surface area (TPSA) is 26.0 Å². The maximum absolute atomic E-state index is 5.91. The van der Waals surface area contributed by atoms with Crippen molar-refractivity contribution >= 4 is 15.9 Å². The fraction of sp³-hybridized carbons (Fsp3) is 1.00. The molecule has 3 heteroatoms. The van der Waals surface area contributed by atoms with E-state index >= 15 is 0 Å². The molecule has 0 fully saturated rings. The van der Waals surface area contributed by atoms with Gasteiger partial charge in [0.05, 0.1) is 18.4 Å². The highest BCUT2D eigenvalue weighted by atomic mass is 79.9. The molecule has 0 spiro atoms. The van der Waals surface area contributed by atoms with E-state index in [0.717, 1.165) is 25.0 Å². The molecule has 0 rings (SSSR count). The zero-order chi connectivity index (χ0) is 7.33. The first-order chi connectivity index (χ1) is 4.18. The van der Waals surface area contributed by atoms with Crippen LogP contribution >= 0.6 is 15.9 Å². The second-order valence-corrected chi connectivity index (χ2v) is 3.06. The van der Waals surface area contributed by atoms with Gasteiger partial charge in [-0.05, 0) is 13.8 Å². The second kappa shape index (κ2) is 4.25. The Morgan fingerprint density at radius 3 is 1.89 bits per heavy atom. The lowest BCUT2D eigenvalue weighted by Crippen LogP contribution is -2.55. The second-order valence-electron chi connectivity index (χ2n) is 2.26. The first-order valence-corrected chi connectivity index (χ1v) is 4.51. The van der Waals surface area contributed by atoms with E-state index in [4.69, 9.17) is 5.84 Å². The summed E-state index contributed by atoms with van der Waals surface area (Å²) in [6.45, 7) is 7.29. The molecule has 0 saturated carbocycles. The highest BCUT2D eigenvalue weighted by Crippen LogP contribution is 1.97. The highest BCUT2D eigenvalue weighted by Gasteiger charge is 2.15. The molecule has 2 nitrogen and oxygen atoms in total. The Kier molecular flexibility index (Phi) is 4.44. The zero-order valence-electron chi connectivity index (χ0n) is 6.23. The SMILES string of the molecule is CC[N+](N)(CC)CCBr. The van der Waals surface area contributed by atoms with Crippen molar-refractivity contribution in [1.82, 2.24) is 0 Å². The van der Waals surface area contributed by atoms with E-state index in [1.54, 1.807) is 0 Å². The zero-order valence-corrected chi connectivity index (χ0v) is 7.82. The van der Waals surface area contributed by atoms with Gasteiger partial charge in [0.1, 0.15) is 6.54 Å². The van der Waals surface area contributed by atoms with Crippen molar-refractivity contribution in [2.75, 3.05) is 25.0 Å². The lowest BCUT2D eigenvalue weighted by Gasteiger charge is -2.29. The van der Waals surface area contributed by atoms with Crippen molar-refractivity contribution in [3.8, 4) is 0 Å². The number of hydrogen-bond donors (Lipinski definition) is 1. The van der Waals surface area contributed by atoms with Crippen molar-refractivity contribution in [1.29, 1.82) is 0 Å². The van der Waals surface area contributed by atoms with E-state index in [1.165, 1.54) is 0 Å². The number of alkyl halides is 1. The molecule has 56 valence electrons. The molecular formula is C6H16BrN2+. The molecule has 0 aromatic rings. The Morgan fingerprint density at radius 2 is 1.78 bits per heavy atom. The molecule has 0 bridgehead atoms. The molecule has 9 heavy (non-hydrogen) atoms. The van der Waals surface area contributed by atoms with Gasteiger partial charge in [-0.3, -0.25) is 0 Å². The number of nitrogens with two attached hydrogens (primary N) is 1. The summed E-state index contributed by atoms with van der Waals surface area (Å²) in [4.78, 5) is 0. The minimum Gasteiger partial charge on any atom is -0.248 e. The Hall–Kier alpha value is 0.400. The summed E-state index contributed by atoms with van der Waals surface area (Å²) in [7, 11) is 0. The Bertz CT molecular complexity index is 71.5. The maximum atomic E-state index is 5.91. The van der Waals surface area contributed by atoms with Gasteiger partial charge in [0.25, 0.3) is 0 Å². The van der Waals surface area contributed by atoms with Gasteiger partial charge in [0.15, 0.2) is 0 Å². The normalized spacial score (nSPS) is 12.0. The fourth-order valence-electron chi connectivity index (χ4n) is 0.708. The number of halogens is 1. The summed E-state index contributed by atoms with van der Waals surface area (Å²) in [6, 6.07) is 0. The first kappa shape index (κ1) is 9.40. The number of rotatable bonds is 4. The van der Waals surface area contributed by atoms with Crippen LogP contribution in [0.25, 0.3) is 0 Å². The average molecular weight is 196 g/mol. The van der Waals surface area contributed by atoms with E-state index in [-0.39, 0.29) is 0 Å². The molecule has 0 aliphatic heterocycles. The molecule has 0 unspecified atom stereocenters. The molecule has 0 aromatic heterocycles. The lowest BCUT2D eigenvalue weighted by molar-refractivity contribution is -0.934. The summed E-state index contributed by atoms with van der Waals surface area (Å²) >= 11 is 3.37. The molecule has 0 atom stereocenters. The molecule has 0 aliphatic rings. The third kappa shape index (κ3) is 3.18. The largest absolute Gasteiger partial charge is 0.248 e. The summed E-state index contributed by atoms with van der Waals surface area (Å²) in [6.07, 6.45) is 0. The van der Waals surface area contributed by atoms with Crippen molar-refractivity contribution in [2.45, 2.75) is 13.8 Å². The van der Waals surface area contributed by atoms with Crippen LogP contribution in [0.4, 0.5) is 0 Å². The molecule has 0 aliphatic carbocycles. The van der Waals surface area contributed by atoms with Crippen LogP contribution in [0, 0.1) is 0 Å². The van der Waals surface area contributed by atoms with Gasteiger partial charge in [-0.2, -0.15) is 5.84 Å². The smallest absolute Gasteiger partial charge is 0.106 e. The monoisotopic (exact) mass is 195 g/mol. The Labute approximate surface area is 65.7 Å². The summed E-state index contributed by atoms with van der Waals surface area (Å²) in [5, 5.41) is 0.991. The van der Waals surface area contributed by atoms with Crippen LogP contribution in [-0.2, 0) is 0 Å². The fourth-order valence-corrected chi connectivity index (χ4v) is 1.41. The number of hydrogen-bond acceptors (Lipinski definition) is 1. The molecule has 2 N–H and O–H groups in total. The van der Waals surface area contributed by atoms with Crippen LogP contribution in [0.1, 0.15) is 13.8 Å². The summed E-state index contributed by atoms with van der Waals surface area (Å²) in [5.41, 5.74) is 0. The van der Waals surface area contributed by atoms with Crippen molar-refractivity contribution in [3.05, 3.63) is 0 Å². The van der Waals surface area contributed by atoms with E-state index < -0.39 is 0 Å². The van der Waals surface area contributed by atoms with Crippen LogP contribution in [0.5, 0.6) is 0 Å². The minimum atomic E-state index is 0.686. The van der Waals surface area contributed by atoms with Gasteiger partial charge in [-0.1, -0.05) is 15.9 Å². The van der Waals surface area contributed by atoms with Gasteiger partial charge in [0, 0.05) is 0 Å². The maximum Gasteiger partial charge on any atom is 0.106 e. The first-order valence-electron chi connectivity index (χ1n) is 3.39. The lowest BCUT2D eigenvalue weighted by atomic mass is 10.5. The van der Waals surface area contributed by atoms with E-state index in [9.17, 15) is 0 Å². The third-order valence-corrected chi connectivity index (χ3v) is 2.14. The summed E-state index contributed by atoms with van der Waals surface area (Å²) in [5.74, 6) is 5.91. The number of quaternary nitrogens is 1. The van der Waals surface area contributed by atoms with Gasteiger partial charge < -0.3 is 0 Å². The molecule has 0 saturated heterocycles. The van der Waals surface area contributed by atoms with Gasteiger partial charge in [0.2, 0.25) is 0 Å². The molecule has 0 heterocycles. The Balaban J connectivity index is 3.62. The standard InChI is InChI=1S/C6H16BrN2/c1-3-9(8,4-2)6-5-7/h3-6,8H2,1-2H3/q+1. The van der Waals surface area contributed by atoms with Crippen LogP contribution in [0.2, 0.25) is 0 Å². The van der Waals surface area contributed by atoms with Gasteiger partial charge >= 0.3 is 0 Å². The quantitative estimate of drug-likeness (QED) is 0.310. The van der Waals surface area contributed by atoms with Crippen LogP contribution in [0.15, 0.2) is 0 Å². The van der Waals surface area contributed by atoms with Crippen LogP contribution in [-0.4, -0.2) is 29.6 Å². The minimum absolute atomic E-state index is 0.686. The highest BCUT2D eigenvalue weighted by molar-refractivity contribution is 9.09. The van der Waals surface area contributed by atoms with Crippen molar-refractivity contribution in [2.24, 2.45) is 5.84 Å². The van der Waals surface area contributed by atoms with Crippen LogP contribution in [0.3, 0.4) is 0 Å². The Morgan fingerprint density at radius 1 is 1.33 bits per heavy atom. The molecular weight excluding hydrogens is 180 g/mol. The van der Waals surface area contributed by atoms with E-state index in [0.29, 0.717) is 4.59 Å². The predicted molar refractivity (Wildman–Crippen MR) is 44.2 cm³/mol. The van der Waals surface area contributed by atoms with Gasteiger partial charge in [-0.25, -0.2) is 4.59 Å². The summed E-state index contributed by atoms with van der Waals surface area (Å²) < 4.78 is 0.686. The molecule has 0 amide bonds. The van der Waals surface area contributed by atoms with E-state index in [2.05, 4.69) is 29.8 Å². The third-order valence-electron chi connectivity index (χ3n) is 1.79. The van der Waals surface area contributed by atoms with Crippen molar-refractivity contribution in [3.63, 3.8) is 0 Å². The number of nitrogens with zero attached hydrogens (tertiary/aromatic N) is 1. The van der Waals surface area contributed by atoms with E-state index in [1.807, 2.05) is 0 Å². The van der Waals surface area contributed by atoms with Gasteiger partial charge in [-0.15, -0.1) is 0 Å². The van der Waals surface area contributed by atoms with Crippen molar-refractivity contribution < 1.29 is 4.59 Å². The average Bonchev–Trinajstić information content (AvgIpc) is 1.89. The van der Waals surface area contributed by atoms with Crippen LogP contribution < -0.4 is 5.84 Å². The predicted octanol–water partition coefficient (Wildman–Crippen LogP) is 1.11. The molecule has 0 radical (unpaired) electrons. The molecule has 0 aromatic carbocycles.